The number of piperazine rings is 1. The highest BCUT2D eigenvalue weighted by Crippen LogP contribution is 2.19. The Morgan fingerprint density at radius 2 is 1.57 bits per heavy atom. The van der Waals surface area contributed by atoms with Crippen LogP contribution in [0.25, 0.3) is 16.6 Å². The molecule has 4 aromatic rings. The third-order valence-electron chi connectivity index (χ3n) is 5.79. The number of hydrogen-bond donors (Lipinski definition) is 0. The molecule has 0 atom stereocenters. The minimum atomic E-state index is 0.112. The lowest BCUT2D eigenvalue weighted by Gasteiger charge is -2.35. The number of hydrogen-bond acceptors (Lipinski definition) is 3. The predicted molar refractivity (Wildman–Crippen MR) is 119 cm³/mol. The molecule has 1 fully saturated rings. The van der Waals surface area contributed by atoms with Gasteiger partial charge in [-0.3, -0.25) is 14.7 Å². The maximum Gasteiger partial charge on any atom is 0.253 e. The van der Waals surface area contributed by atoms with Gasteiger partial charge in [-0.15, -0.1) is 0 Å². The summed E-state index contributed by atoms with van der Waals surface area (Å²) in [6.45, 7) is 4.10. The second-order valence-electron chi connectivity index (χ2n) is 7.70. The van der Waals surface area contributed by atoms with E-state index in [1.165, 1.54) is 10.9 Å². The van der Waals surface area contributed by atoms with E-state index >= 15 is 0 Å². The summed E-state index contributed by atoms with van der Waals surface area (Å²) in [6, 6.07) is 22.2. The lowest BCUT2D eigenvalue weighted by Crippen LogP contribution is -2.48. The van der Waals surface area contributed by atoms with Crippen molar-refractivity contribution in [3.63, 3.8) is 0 Å². The first-order valence-electron chi connectivity index (χ1n) is 10.4. The summed E-state index contributed by atoms with van der Waals surface area (Å²) in [5.74, 6) is 0.112. The summed E-state index contributed by atoms with van der Waals surface area (Å²) in [4.78, 5) is 21.9. The van der Waals surface area contributed by atoms with Gasteiger partial charge in [0, 0.05) is 68.0 Å². The van der Waals surface area contributed by atoms with Crippen LogP contribution in [0.2, 0.25) is 0 Å². The molecule has 5 heteroatoms. The molecule has 5 nitrogen and oxygen atoms in total. The molecule has 2 aromatic heterocycles. The average molecular weight is 396 g/mol. The van der Waals surface area contributed by atoms with Crippen molar-refractivity contribution < 1.29 is 4.79 Å². The van der Waals surface area contributed by atoms with E-state index in [1.807, 2.05) is 70.5 Å². The number of fused-ring (bicyclic) bond motifs is 1. The van der Waals surface area contributed by atoms with E-state index in [0.29, 0.717) is 0 Å². The lowest BCUT2D eigenvalue weighted by atomic mass is 10.1. The van der Waals surface area contributed by atoms with Crippen molar-refractivity contribution in [2.24, 2.45) is 0 Å². The highest BCUT2D eigenvalue weighted by molar-refractivity contribution is 5.94. The average Bonchev–Trinajstić information content (AvgIpc) is 3.35. The predicted octanol–water partition coefficient (Wildman–Crippen LogP) is 3.98. The zero-order valence-corrected chi connectivity index (χ0v) is 16.8. The Bertz CT molecular complexity index is 1140. The van der Waals surface area contributed by atoms with Gasteiger partial charge < -0.3 is 9.47 Å². The normalized spacial score (nSPS) is 14.9. The number of carbonyl (C=O) groups excluding carboxylic acids is 1. The van der Waals surface area contributed by atoms with Crippen molar-refractivity contribution in [3.8, 4) is 5.69 Å². The zero-order valence-electron chi connectivity index (χ0n) is 16.8. The van der Waals surface area contributed by atoms with Gasteiger partial charge in [0.05, 0.1) is 5.52 Å². The van der Waals surface area contributed by atoms with Crippen molar-refractivity contribution >= 4 is 16.8 Å². The van der Waals surface area contributed by atoms with E-state index in [-0.39, 0.29) is 5.91 Å². The molecule has 3 heterocycles. The summed E-state index contributed by atoms with van der Waals surface area (Å²) >= 11 is 0. The van der Waals surface area contributed by atoms with E-state index in [9.17, 15) is 4.79 Å². The molecule has 0 radical (unpaired) electrons. The van der Waals surface area contributed by atoms with E-state index < -0.39 is 0 Å². The SMILES string of the molecule is O=C(c1ccc(-n2cccc2)cc1)N1CCN(Cc2cccc3cccnc23)CC1. The number of nitrogens with zero attached hydrogens (tertiary/aromatic N) is 4. The molecule has 0 bridgehead atoms. The Labute approximate surface area is 176 Å². The van der Waals surface area contributed by atoms with Crippen LogP contribution >= 0.6 is 0 Å². The second-order valence-corrected chi connectivity index (χ2v) is 7.70. The van der Waals surface area contributed by atoms with Crippen LogP contribution in [0.5, 0.6) is 0 Å². The van der Waals surface area contributed by atoms with Crippen molar-refractivity contribution in [3.05, 3.63) is 96.4 Å². The highest BCUT2D eigenvalue weighted by Gasteiger charge is 2.22. The van der Waals surface area contributed by atoms with Crippen LogP contribution in [0.4, 0.5) is 0 Å². The molecule has 0 saturated carbocycles. The molecule has 5 rings (SSSR count). The standard InChI is InChI=1S/C25H24N4O/c30-25(21-8-10-23(11-9-21)28-13-1-2-14-28)29-17-15-27(16-18-29)19-22-6-3-5-20-7-4-12-26-24(20)22/h1-14H,15-19H2. The van der Waals surface area contributed by atoms with Gasteiger partial charge in [-0.2, -0.15) is 0 Å². The minimum absolute atomic E-state index is 0.112. The summed E-state index contributed by atoms with van der Waals surface area (Å²) < 4.78 is 2.04. The van der Waals surface area contributed by atoms with Crippen molar-refractivity contribution in [1.29, 1.82) is 0 Å². The number of benzene rings is 2. The molecule has 0 N–H and O–H groups in total. The first-order chi connectivity index (χ1) is 14.8. The Hall–Kier alpha value is -3.44. The monoisotopic (exact) mass is 396 g/mol. The number of rotatable bonds is 4. The van der Waals surface area contributed by atoms with E-state index in [2.05, 4.69) is 34.1 Å². The minimum Gasteiger partial charge on any atom is -0.336 e. The van der Waals surface area contributed by atoms with Crippen LogP contribution < -0.4 is 0 Å². The summed E-state index contributed by atoms with van der Waals surface area (Å²) in [5, 5.41) is 1.17. The molecule has 0 unspecified atom stereocenters. The molecular weight excluding hydrogens is 372 g/mol. The lowest BCUT2D eigenvalue weighted by molar-refractivity contribution is 0.0629. The van der Waals surface area contributed by atoms with Crippen LogP contribution in [-0.2, 0) is 6.54 Å². The molecule has 1 aliphatic heterocycles. The fourth-order valence-corrected chi connectivity index (χ4v) is 4.11. The van der Waals surface area contributed by atoms with Crippen molar-refractivity contribution in [1.82, 2.24) is 19.4 Å². The maximum atomic E-state index is 12.9. The number of amides is 1. The molecule has 1 saturated heterocycles. The highest BCUT2D eigenvalue weighted by atomic mass is 16.2. The molecular formula is C25H24N4O. The molecule has 30 heavy (non-hydrogen) atoms. The maximum absolute atomic E-state index is 12.9. The molecule has 150 valence electrons. The van der Waals surface area contributed by atoms with Crippen LogP contribution in [0.1, 0.15) is 15.9 Å². The fraction of sp³-hybridized carbons (Fsp3) is 0.200. The summed E-state index contributed by atoms with van der Waals surface area (Å²) in [6.07, 6.45) is 5.85. The zero-order chi connectivity index (χ0) is 20.3. The Morgan fingerprint density at radius 3 is 2.33 bits per heavy atom. The van der Waals surface area contributed by atoms with Crippen molar-refractivity contribution in [2.45, 2.75) is 6.54 Å². The third kappa shape index (κ3) is 3.72. The van der Waals surface area contributed by atoms with Crippen LogP contribution in [0.15, 0.2) is 85.3 Å². The smallest absolute Gasteiger partial charge is 0.253 e. The first kappa shape index (κ1) is 18.6. The van der Waals surface area contributed by atoms with Crippen LogP contribution in [-0.4, -0.2) is 51.4 Å². The quantitative estimate of drug-likeness (QED) is 0.524. The number of para-hydroxylation sites is 1. The number of aromatic nitrogens is 2. The summed E-state index contributed by atoms with van der Waals surface area (Å²) in [5.41, 5.74) is 4.12. The largest absolute Gasteiger partial charge is 0.336 e. The Balaban J connectivity index is 1.22. The van der Waals surface area contributed by atoms with Gasteiger partial charge in [0.2, 0.25) is 0 Å². The van der Waals surface area contributed by atoms with Gasteiger partial charge in [-0.25, -0.2) is 0 Å². The molecule has 0 aliphatic carbocycles. The molecule has 0 spiro atoms. The third-order valence-corrected chi connectivity index (χ3v) is 5.79. The Kier molecular flexibility index (Phi) is 5.03. The number of pyridine rings is 1. The molecule has 1 aliphatic rings. The van der Waals surface area contributed by atoms with Gasteiger partial charge in [-0.05, 0) is 48.0 Å². The topological polar surface area (TPSA) is 41.4 Å². The van der Waals surface area contributed by atoms with Gasteiger partial charge in [0.1, 0.15) is 0 Å². The van der Waals surface area contributed by atoms with Crippen LogP contribution in [0, 0.1) is 0 Å². The van der Waals surface area contributed by atoms with Gasteiger partial charge in [0.15, 0.2) is 0 Å². The van der Waals surface area contributed by atoms with Gasteiger partial charge in [0.25, 0.3) is 5.91 Å². The summed E-state index contributed by atoms with van der Waals surface area (Å²) in [7, 11) is 0. The molecule has 2 aromatic carbocycles. The van der Waals surface area contributed by atoms with Crippen LogP contribution in [0.3, 0.4) is 0 Å². The van der Waals surface area contributed by atoms with E-state index in [4.69, 9.17) is 0 Å². The molecule has 1 amide bonds. The van der Waals surface area contributed by atoms with Crippen molar-refractivity contribution in [2.75, 3.05) is 26.2 Å². The first-order valence-corrected chi connectivity index (χ1v) is 10.4. The fourth-order valence-electron chi connectivity index (χ4n) is 4.11. The van der Waals surface area contributed by atoms with E-state index in [1.54, 1.807) is 0 Å². The second kappa shape index (κ2) is 8.13. The number of carbonyl (C=O) groups is 1. The van der Waals surface area contributed by atoms with Gasteiger partial charge in [-0.1, -0.05) is 24.3 Å². The Morgan fingerprint density at radius 1 is 0.833 bits per heavy atom. The van der Waals surface area contributed by atoms with E-state index in [0.717, 1.165) is 49.5 Å². The van der Waals surface area contributed by atoms with Gasteiger partial charge >= 0.3 is 0 Å².